The number of carbonyl (C=O) groups is 2. The number of hydrogen-bond donors (Lipinski definition) is 2. The second-order valence-electron chi connectivity index (χ2n) is 4.61. The Kier molecular flexibility index (Phi) is 15.3. The predicted octanol–water partition coefficient (Wildman–Crippen LogP) is 3.87. The van der Waals surface area contributed by atoms with Gasteiger partial charge in [-0.05, 0) is 25.7 Å². The molecule has 0 unspecified atom stereocenters. The van der Waals surface area contributed by atoms with Gasteiger partial charge in [0.1, 0.15) is 6.29 Å². The Morgan fingerprint density at radius 3 is 2.22 bits per heavy atom. The summed E-state index contributed by atoms with van der Waals surface area (Å²) in [5.74, 6) is 0.240. The molecule has 4 N–H and O–H groups in total. The number of aldehydes is 1. The van der Waals surface area contributed by atoms with Crippen LogP contribution in [-0.2, 0) is 9.59 Å². The lowest BCUT2D eigenvalue weighted by molar-refractivity contribution is -0.122. The standard InChI is InChI=1S/C10H19NO.C4H8O.H3N.2H2/c1-2-6-10(12)11-9-7-4-3-5-8-9;1-2-3-4-5;;;/h9H,2-8H2,1H3,(H,11,12);4H,2-3H2,1H3;1H3;2*1H. The van der Waals surface area contributed by atoms with Crippen molar-refractivity contribution in [2.24, 2.45) is 0 Å². The van der Waals surface area contributed by atoms with E-state index in [0.717, 1.165) is 19.1 Å². The van der Waals surface area contributed by atoms with Crippen LogP contribution < -0.4 is 11.5 Å². The van der Waals surface area contributed by atoms with Gasteiger partial charge in [0.15, 0.2) is 0 Å². The Labute approximate surface area is 114 Å². The minimum absolute atomic E-state index is 0. The second kappa shape index (κ2) is 14.2. The minimum atomic E-state index is 0. The smallest absolute Gasteiger partial charge is 0.220 e. The summed E-state index contributed by atoms with van der Waals surface area (Å²) in [6, 6.07) is 0.484. The molecule has 1 rings (SSSR count). The number of rotatable bonds is 5. The van der Waals surface area contributed by atoms with Gasteiger partial charge in [-0.3, -0.25) is 4.79 Å². The Morgan fingerprint density at radius 2 is 1.83 bits per heavy atom. The molecule has 112 valence electrons. The molecule has 0 aromatic carbocycles. The van der Waals surface area contributed by atoms with Crippen LogP contribution in [0.3, 0.4) is 0 Å². The maximum atomic E-state index is 11.2. The molecule has 1 fully saturated rings. The third kappa shape index (κ3) is 11.6. The summed E-state index contributed by atoms with van der Waals surface area (Å²) >= 11 is 0. The van der Waals surface area contributed by atoms with E-state index in [9.17, 15) is 9.59 Å². The van der Waals surface area contributed by atoms with Crippen molar-refractivity contribution in [1.29, 1.82) is 0 Å². The number of nitrogens with one attached hydrogen (secondary N) is 1. The summed E-state index contributed by atoms with van der Waals surface area (Å²) in [7, 11) is 0. The molecule has 0 atom stereocenters. The largest absolute Gasteiger partial charge is 0.353 e. The van der Waals surface area contributed by atoms with Crippen LogP contribution in [0.1, 0.15) is 74.5 Å². The van der Waals surface area contributed by atoms with E-state index in [2.05, 4.69) is 5.32 Å². The molecule has 4 nitrogen and oxygen atoms in total. The first-order chi connectivity index (χ1) is 8.24. The third-order valence-electron chi connectivity index (χ3n) is 2.85. The molecule has 0 bridgehead atoms. The fourth-order valence-electron chi connectivity index (χ4n) is 1.89. The molecular formula is C14H34N2O2. The van der Waals surface area contributed by atoms with Gasteiger partial charge >= 0.3 is 0 Å². The zero-order valence-corrected chi connectivity index (χ0v) is 12.0. The first kappa shape index (κ1) is 19.4. The van der Waals surface area contributed by atoms with Gasteiger partial charge in [0.05, 0.1) is 0 Å². The van der Waals surface area contributed by atoms with Crippen LogP contribution in [-0.4, -0.2) is 18.2 Å². The van der Waals surface area contributed by atoms with Gasteiger partial charge in [-0.1, -0.05) is 33.1 Å². The third-order valence-corrected chi connectivity index (χ3v) is 2.85. The lowest BCUT2D eigenvalue weighted by atomic mass is 9.95. The average molecular weight is 262 g/mol. The van der Waals surface area contributed by atoms with E-state index in [1.165, 1.54) is 32.1 Å². The highest BCUT2D eigenvalue weighted by Gasteiger charge is 2.14. The Hall–Kier alpha value is -0.900. The molecule has 1 aliphatic rings. The molecule has 0 radical (unpaired) electrons. The van der Waals surface area contributed by atoms with Gasteiger partial charge in [0, 0.05) is 21.7 Å². The zero-order chi connectivity index (χ0) is 12.9. The van der Waals surface area contributed by atoms with Gasteiger partial charge in [0.2, 0.25) is 5.91 Å². The fraction of sp³-hybridized carbons (Fsp3) is 0.857. The van der Waals surface area contributed by atoms with Gasteiger partial charge in [-0.25, -0.2) is 0 Å². The van der Waals surface area contributed by atoms with E-state index in [4.69, 9.17) is 0 Å². The number of carbonyl (C=O) groups excluding carboxylic acids is 2. The first-order valence-corrected chi connectivity index (χ1v) is 6.97. The van der Waals surface area contributed by atoms with Crippen molar-refractivity contribution in [3.8, 4) is 0 Å². The number of hydrogen-bond acceptors (Lipinski definition) is 3. The maximum Gasteiger partial charge on any atom is 0.220 e. The Balaban J connectivity index is -0.000000141. The van der Waals surface area contributed by atoms with Gasteiger partial charge in [-0.15, -0.1) is 0 Å². The Bertz CT molecular complexity index is 211. The van der Waals surface area contributed by atoms with Crippen molar-refractivity contribution in [2.75, 3.05) is 0 Å². The topological polar surface area (TPSA) is 81.2 Å². The Morgan fingerprint density at radius 1 is 1.22 bits per heavy atom. The van der Waals surface area contributed by atoms with Crippen LogP contribution in [0.15, 0.2) is 0 Å². The molecule has 0 saturated heterocycles. The van der Waals surface area contributed by atoms with Crippen LogP contribution >= 0.6 is 0 Å². The molecule has 1 saturated carbocycles. The van der Waals surface area contributed by atoms with Crippen LogP contribution in [0.25, 0.3) is 0 Å². The van der Waals surface area contributed by atoms with Crippen LogP contribution in [0.2, 0.25) is 0 Å². The monoisotopic (exact) mass is 262 g/mol. The van der Waals surface area contributed by atoms with Crippen molar-refractivity contribution in [3.63, 3.8) is 0 Å². The highest BCUT2D eigenvalue weighted by atomic mass is 16.1. The molecule has 0 aliphatic heterocycles. The van der Waals surface area contributed by atoms with Crippen molar-refractivity contribution < 1.29 is 12.4 Å². The van der Waals surface area contributed by atoms with Crippen LogP contribution in [0.4, 0.5) is 0 Å². The minimum Gasteiger partial charge on any atom is -0.353 e. The number of amides is 1. The quantitative estimate of drug-likeness (QED) is 0.738. The summed E-state index contributed by atoms with van der Waals surface area (Å²) in [5, 5.41) is 3.08. The van der Waals surface area contributed by atoms with E-state index in [1.807, 2.05) is 13.8 Å². The van der Waals surface area contributed by atoms with E-state index in [-0.39, 0.29) is 14.9 Å². The predicted molar refractivity (Wildman–Crippen MR) is 80.1 cm³/mol. The summed E-state index contributed by atoms with van der Waals surface area (Å²) in [5.41, 5.74) is 0. The normalized spacial score (nSPS) is 14.8. The lowest BCUT2D eigenvalue weighted by Gasteiger charge is -2.22. The molecular weight excluding hydrogens is 228 g/mol. The molecule has 0 heterocycles. The molecule has 0 aromatic heterocycles. The number of unbranched alkanes of at least 4 members (excludes halogenated alkanes) is 1. The van der Waals surface area contributed by atoms with Crippen LogP contribution in [0, 0.1) is 0 Å². The molecule has 4 heteroatoms. The van der Waals surface area contributed by atoms with Crippen molar-refractivity contribution >= 4 is 12.2 Å². The molecule has 0 spiro atoms. The van der Waals surface area contributed by atoms with Crippen molar-refractivity contribution in [3.05, 3.63) is 0 Å². The average Bonchev–Trinajstić information content (AvgIpc) is 2.32. The van der Waals surface area contributed by atoms with Gasteiger partial charge in [0.25, 0.3) is 0 Å². The fourth-order valence-corrected chi connectivity index (χ4v) is 1.89. The van der Waals surface area contributed by atoms with Gasteiger partial charge < -0.3 is 16.3 Å². The van der Waals surface area contributed by atoms with Crippen LogP contribution in [0.5, 0.6) is 0 Å². The molecule has 18 heavy (non-hydrogen) atoms. The second-order valence-corrected chi connectivity index (χ2v) is 4.61. The van der Waals surface area contributed by atoms with E-state index in [1.54, 1.807) is 0 Å². The van der Waals surface area contributed by atoms with Crippen molar-refractivity contribution in [2.45, 2.75) is 77.7 Å². The van der Waals surface area contributed by atoms with E-state index < -0.39 is 0 Å². The SMILES string of the molecule is CCCC(=O)NC1CCCCC1.CCCC=O.N.[HH].[HH]. The summed E-state index contributed by atoms with van der Waals surface area (Å²) < 4.78 is 0. The van der Waals surface area contributed by atoms with Gasteiger partial charge in [-0.2, -0.15) is 0 Å². The van der Waals surface area contributed by atoms with E-state index >= 15 is 0 Å². The summed E-state index contributed by atoms with van der Waals surface area (Å²) in [6.07, 6.45) is 10.6. The molecule has 1 aliphatic carbocycles. The first-order valence-electron chi connectivity index (χ1n) is 6.97. The maximum absolute atomic E-state index is 11.2. The molecule has 0 aromatic rings. The summed E-state index contributed by atoms with van der Waals surface area (Å²) in [6.45, 7) is 4.02. The summed E-state index contributed by atoms with van der Waals surface area (Å²) in [4.78, 5) is 20.6. The highest BCUT2D eigenvalue weighted by Crippen LogP contribution is 2.17. The lowest BCUT2D eigenvalue weighted by Crippen LogP contribution is -2.35. The highest BCUT2D eigenvalue weighted by molar-refractivity contribution is 5.76. The molecule has 1 amide bonds. The zero-order valence-electron chi connectivity index (χ0n) is 12.0. The van der Waals surface area contributed by atoms with E-state index in [0.29, 0.717) is 18.9 Å². The van der Waals surface area contributed by atoms with Crippen molar-refractivity contribution in [1.82, 2.24) is 11.5 Å².